The molecule has 0 radical (unpaired) electrons. The van der Waals surface area contributed by atoms with Gasteiger partial charge in [-0.3, -0.25) is 0 Å². The summed E-state index contributed by atoms with van der Waals surface area (Å²) in [7, 11) is 0. The van der Waals surface area contributed by atoms with Gasteiger partial charge >= 0.3 is 0 Å². The van der Waals surface area contributed by atoms with E-state index < -0.39 is 0 Å². The van der Waals surface area contributed by atoms with Crippen LogP contribution in [0.5, 0.6) is 0 Å². The molecule has 11 rings (SSSR count). The summed E-state index contributed by atoms with van der Waals surface area (Å²) in [4.78, 5) is 10.4. The van der Waals surface area contributed by atoms with Crippen molar-refractivity contribution < 1.29 is 0 Å². The molecule has 0 saturated heterocycles. The van der Waals surface area contributed by atoms with E-state index in [2.05, 4.69) is 176 Å². The Bertz CT molecular complexity index is 3240. The van der Waals surface area contributed by atoms with Gasteiger partial charge in [0.15, 0.2) is 5.82 Å². The van der Waals surface area contributed by atoms with E-state index in [1.54, 1.807) is 0 Å². The minimum Gasteiger partial charge on any atom is -0.228 e. The molecular formula is C52H32N2S. The first-order valence-corrected chi connectivity index (χ1v) is 19.5. The van der Waals surface area contributed by atoms with Gasteiger partial charge in [0.25, 0.3) is 0 Å². The van der Waals surface area contributed by atoms with Crippen LogP contribution < -0.4 is 0 Å². The first-order valence-electron chi connectivity index (χ1n) is 18.7. The molecule has 0 bridgehead atoms. The molecule has 0 fully saturated rings. The highest BCUT2D eigenvalue weighted by Gasteiger charge is 2.20. The maximum absolute atomic E-state index is 5.22. The smallest absolute Gasteiger partial charge is 0.160 e. The molecule has 11 aromatic rings. The highest BCUT2D eigenvalue weighted by atomic mass is 32.1. The molecule has 0 N–H and O–H groups in total. The molecule has 0 aliphatic rings. The molecule has 3 heteroatoms. The fraction of sp³-hybridized carbons (Fsp3) is 0. The summed E-state index contributed by atoms with van der Waals surface area (Å²) in [6.45, 7) is 0. The summed E-state index contributed by atoms with van der Waals surface area (Å²) in [6, 6.07) is 69.7. The van der Waals surface area contributed by atoms with Gasteiger partial charge in [0.1, 0.15) is 0 Å². The van der Waals surface area contributed by atoms with Crippen LogP contribution in [0, 0.1) is 0 Å². The summed E-state index contributed by atoms with van der Waals surface area (Å²) in [6.07, 6.45) is 0. The van der Waals surface area contributed by atoms with Crippen LogP contribution in [-0.2, 0) is 0 Å². The lowest BCUT2D eigenvalue weighted by Gasteiger charge is -2.19. The third-order valence-corrected chi connectivity index (χ3v) is 12.0. The minimum absolute atomic E-state index is 0.717. The zero-order chi connectivity index (χ0) is 36.3. The van der Waals surface area contributed by atoms with E-state index in [4.69, 9.17) is 9.97 Å². The molecule has 0 spiro atoms. The molecule has 0 aliphatic carbocycles. The summed E-state index contributed by atoms with van der Waals surface area (Å²) >= 11 is 1.83. The Morgan fingerprint density at radius 2 is 0.909 bits per heavy atom. The Kier molecular flexibility index (Phi) is 7.39. The van der Waals surface area contributed by atoms with E-state index in [-0.39, 0.29) is 0 Å². The van der Waals surface area contributed by atoms with E-state index in [1.807, 2.05) is 29.5 Å². The van der Waals surface area contributed by atoms with Gasteiger partial charge in [-0.15, -0.1) is 11.3 Å². The molecular weight excluding hydrogens is 685 g/mol. The topological polar surface area (TPSA) is 25.8 Å². The van der Waals surface area contributed by atoms with Crippen molar-refractivity contribution in [2.24, 2.45) is 0 Å². The van der Waals surface area contributed by atoms with Gasteiger partial charge in [-0.05, 0) is 72.8 Å². The van der Waals surface area contributed by atoms with Crippen LogP contribution in [-0.4, -0.2) is 9.97 Å². The number of thiophene rings is 1. The summed E-state index contributed by atoms with van der Waals surface area (Å²) < 4.78 is 2.54. The zero-order valence-electron chi connectivity index (χ0n) is 29.8. The largest absolute Gasteiger partial charge is 0.228 e. The van der Waals surface area contributed by atoms with Gasteiger partial charge in [-0.2, -0.15) is 0 Å². The second-order valence-corrected chi connectivity index (χ2v) is 15.1. The number of rotatable bonds is 5. The van der Waals surface area contributed by atoms with Crippen LogP contribution in [0.3, 0.4) is 0 Å². The molecule has 9 aromatic carbocycles. The van der Waals surface area contributed by atoms with E-state index >= 15 is 0 Å². The van der Waals surface area contributed by atoms with Gasteiger partial charge in [-0.1, -0.05) is 176 Å². The predicted molar refractivity (Wildman–Crippen MR) is 235 cm³/mol. The summed E-state index contributed by atoms with van der Waals surface area (Å²) in [5, 5.41) is 10.0. The van der Waals surface area contributed by atoms with Crippen LogP contribution in [0.25, 0.3) is 109 Å². The van der Waals surface area contributed by atoms with Crippen molar-refractivity contribution in [1.29, 1.82) is 0 Å². The van der Waals surface area contributed by atoms with Crippen LogP contribution >= 0.6 is 11.3 Å². The Labute approximate surface area is 322 Å². The zero-order valence-corrected chi connectivity index (χ0v) is 30.6. The number of benzene rings is 9. The highest BCUT2D eigenvalue weighted by Crippen LogP contribution is 2.46. The Morgan fingerprint density at radius 1 is 0.327 bits per heavy atom. The van der Waals surface area contributed by atoms with E-state index in [0.717, 1.165) is 28.1 Å². The second-order valence-electron chi connectivity index (χ2n) is 14.1. The van der Waals surface area contributed by atoms with Crippen molar-refractivity contribution in [2.45, 2.75) is 0 Å². The van der Waals surface area contributed by atoms with Crippen molar-refractivity contribution in [3.63, 3.8) is 0 Å². The molecule has 0 saturated carbocycles. The first kappa shape index (κ1) is 31.6. The SMILES string of the molecule is c1ccc(-c2nc(-c3ccc(-c4c5ccccc5c(-c5ccccc5)c5c4ccc4ccccc45)cc3)cc(-c3cccc4sc5ccccc5c34)n2)cc1. The number of aromatic nitrogens is 2. The molecule has 0 unspecified atom stereocenters. The lowest BCUT2D eigenvalue weighted by atomic mass is 9.84. The average Bonchev–Trinajstić information content (AvgIpc) is 3.65. The monoisotopic (exact) mass is 716 g/mol. The molecule has 55 heavy (non-hydrogen) atoms. The third kappa shape index (κ3) is 5.24. The normalized spacial score (nSPS) is 11.6. The Balaban J connectivity index is 1.12. The van der Waals surface area contributed by atoms with Crippen LogP contribution in [0.2, 0.25) is 0 Å². The fourth-order valence-corrected chi connectivity index (χ4v) is 9.54. The fourth-order valence-electron chi connectivity index (χ4n) is 8.41. The molecule has 0 aliphatic heterocycles. The van der Waals surface area contributed by atoms with Crippen molar-refractivity contribution in [2.75, 3.05) is 0 Å². The molecule has 0 amide bonds. The van der Waals surface area contributed by atoms with Crippen molar-refractivity contribution >= 4 is 63.8 Å². The molecule has 256 valence electrons. The third-order valence-electron chi connectivity index (χ3n) is 10.9. The number of fused-ring (bicyclic) bond motifs is 7. The van der Waals surface area contributed by atoms with Crippen LogP contribution in [0.1, 0.15) is 0 Å². The van der Waals surface area contributed by atoms with Gasteiger partial charge in [0, 0.05) is 36.9 Å². The first-order chi connectivity index (χ1) is 27.3. The second kappa shape index (κ2) is 12.9. The molecule has 2 aromatic heterocycles. The van der Waals surface area contributed by atoms with E-state index in [9.17, 15) is 0 Å². The lowest BCUT2D eigenvalue weighted by Crippen LogP contribution is -1.96. The van der Waals surface area contributed by atoms with E-state index in [1.165, 1.54) is 74.7 Å². The average molecular weight is 717 g/mol. The highest BCUT2D eigenvalue weighted by molar-refractivity contribution is 7.25. The summed E-state index contributed by atoms with van der Waals surface area (Å²) in [5.41, 5.74) is 9.89. The predicted octanol–water partition coefficient (Wildman–Crippen LogP) is 14.6. The Hall–Kier alpha value is -6.94. The van der Waals surface area contributed by atoms with E-state index in [0.29, 0.717) is 5.82 Å². The number of nitrogens with zero attached hydrogens (tertiary/aromatic N) is 2. The van der Waals surface area contributed by atoms with Crippen LogP contribution in [0.15, 0.2) is 194 Å². The quantitative estimate of drug-likeness (QED) is 0.131. The van der Waals surface area contributed by atoms with Crippen LogP contribution in [0.4, 0.5) is 0 Å². The molecule has 0 atom stereocenters. The lowest BCUT2D eigenvalue weighted by molar-refractivity contribution is 1.19. The maximum atomic E-state index is 5.22. The standard InChI is InChI=1S/C52H32N2S/c1-3-15-35(16-4-1)49-40-21-10-9-20-39(40)48(43-31-30-33-14-7-8-19-38(33)51(43)49)36-28-26-34(27-29-36)44-32-45(54-52(53-44)37-17-5-2-6-18-37)41-23-13-25-47-50(41)42-22-11-12-24-46(42)55-47/h1-32H. The van der Waals surface area contributed by atoms with Gasteiger partial charge < -0.3 is 0 Å². The van der Waals surface area contributed by atoms with Crippen molar-refractivity contribution in [3.05, 3.63) is 194 Å². The molecule has 2 nitrogen and oxygen atoms in total. The molecule has 2 heterocycles. The Morgan fingerprint density at radius 3 is 1.69 bits per heavy atom. The number of hydrogen-bond acceptors (Lipinski definition) is 3. The van der Waals surface area contributed by atoms with Gasteiger partial charge in [0.05, 0.1) is 11.4 Å². The summed E-state index contributed by atoms with van der Waals surface area (Å²) in [5.74, 6) is 0.717. The van der Waals surface area contributed by atoms with Gasteiger partial charge in [0.2, 0.25) is 0 Å². The van der Waals surface area contributed by atoms with Gasteiger partial charge in [-0.25, -0.2) is 9.97 Å². The number of hydrogen-bond donors (Lipinski definition) is 0. The van der Waals surface area contributed by atoms with Crippen molar-refractivity contribution in [1.82, 2.24) is 9.97 Å². The maximum Gasteiger partial charge on any atom is 0.160 e. The minimum atomic E-state index is 0.717. The van der Waals surface area contributed by atoms with Crippen molar-refractivity contribution in [3.8, 4) is 56.2 Å².